The quantitative estimate of drug-likeness (QED) is 0.590. The molecule has 0 aromatic rings. The van der Waals surface area contributed by atoms with Gasteiger partial charge in [-0.3, -0.25) is 0 Å². The van der Waals surface area contributed by atoms with Gasteiger partial charge in [0.15, 0.2) is 0 Å². The second kappa shape index (κ2) is 3.69. The molecule has 0 saturated heterocycles. The molecule has 1 atom stereocenters. The van der Waals surface area contributed by atoms with Gasteiger partial charge in [0.1, 0.15) is 0 Å². The van der Waals surface area contributed by atoms with Crippen LogP contribution >= 0.6 is 0 Å². The van der Waals surface area contributed by atoms with Gasteiger partial charge in [-0.05, 0) is 55.6 Å². The first-order valence-corrected chi connectivity index (χ1v) is 5.79. The van der Waals surface area contributed by atoms with E-state index in [9.17, 15) is 0 Å². The smallest absolute Gasteiger partial charge is 0.00141 e. The molecule has 0 saturated carbocycles. The van der Waals surface area contributed by atoms with Gasteiger partial charge in [0.25, 0.3) is 0 Å². The molecule has 0 N–H and O–H groups in total. The highest BCUT2D eigenvalue weighted by molar-refractivity contribution is 5.45. The number of allylic oxidation sites excluding steroid dienone is 4. The van der Waals surface area contributed by atoms with Crippen molar-refractivity contribution in [1.82, 2.24) is 0 Å². The highest BCUT2D eigenvalue weighted by atomic mass is 14.3. The van der Waals surface area contributed by atoms with E-state index in [0.717, 1.165) is 5.92 Å². The van der Waals surface area contributed by atoms with Gasteiger partial charge < -0.3 is 0 Å². The first-order valence-electron chi connectivity index (χ1n) is 5.79. The molecule has 0 aromatic carbocycles. The minimum Gasteiger partial charge on any atom is -0.0739 e. The number of rotatable bonds is 2. The Bertz CT molecular complexity index is 255. The Balaban J connectivity index is 2.28. The zero-order chi connectivity index (χ0) is 9.26. The van der Waals surface area contributed by atoms with Gasteiger partial charge in [-0.15, -0.1) is 0 Å². The van der Waals surface area contributed by atoms with Crippen LogP contribution in [0, 0.1) is 5.92 Å². The molecule has 72 valence electrons. The predicted octanol–water partition coefficient (Wildman–Crippen LogP) is 4.23. The molecule has 2 rings (SSSR count). The lowest BCUT2D eigenvalue weighted by atomic mass is 9.86. The molecule has 0 aromatic heterocycles. The molecule has 0 aliphatic heterocycles. The van der Waals surface area contributed by atoms with Crippen molar-refractivity contribution in [2.75, 3.05) is 0 Å². The fourth-order valence-electron chi connectivity index (χ4n) is 2.84. The maximum absolute atomic E-state index is 2.54. The minimum absolute atomic E-state index is 0.810. The molecule has 0 amide bonds. The van der Waals surface area contributed by atoms with E-state index in [-0.39, 0.29) is 0 Å². The fourth-order valence-corrected chi connectivity index (χ4v) is 2.84. The molecule has 0 bridgehead atoms. The zero-order valence-electron chi connectivity index (χ0n) is 8.90. The van der Waals surface area contributed by atoms with E-state index >= 15 is 0 Å². The van der Waals surface area contributed by atoms with Crippen LogP contribution in [0.15, 0.2) is 22.8 Å². The van der Waals surface area contributed by atoms with Crippen LogP contribution in [0.2, 0.25) is 0 Å². The SMILES string of the molecule is CCC1=CC(CC)C2=C1CCCC2. The van der Waals surface area contributed by atoms with Crippen LogP contribution in [0.1, 0.15) is 52.4 Å². The molecule has 0 nitrogen and oxygen atoms in total. The summed E-state index contributed by atoms with van der Waals surface area (Å²) < 4.78 is 0. The van der Waals surface area contributed by atoms with E-state index in [0.29, 0.717) is 0 Å². The van der Waals surface area contributed by atoms with Crippen LogP contribution in [0.25, 0.3) is 0 Å². The lowest BCUT2D eigenvalue weighted by molar-refractivity contribution is 0.612. The summed E-state index contributed by atoms with van der Waals surface area (Å²) in [6.45, 7) is 4.61. The third kappa shape index (κ3) is 1.47. The van der Waals surface area contributed by atoms with Crippen molar-refractivity contribution in [3.63, 3.8) is 0 Å². The van der Waals surface area contributed by atoms with E-state index in [1.54, 1.807) is 16.7 Å². The highest BCUT2D eigenvalue weighted by Gasteiger charge is 2.25. The van der Waals surface area contributed by atoms with E-state index in [2.05, 4.69) is 19.9 Å². The summed E-state index contributed by atoms with van der Waals surface area (Å²) in [5.74, 6) is 0.810. The summed E-state index contributed by atoms with van der Waals surface area (Å²) in [6.07, 6.45) is 10.7. The Morgan fingerprint density at radius 2 is 2.00 bits per heavy atom. The maximum Gasteiger partial charge on any atom is -0.00141 e. The summed E-state index contributed by atoms with van der Waals surface area (Å²) >= 11 is 0. The first-order chi connectivity index (χ1) is 6.36. The molecule has 0 spiro atoms. The maximum atomic E-state index is 2.54. The zero-order valence-corrected chi connectivity index (χ0v) is 8.90. The Labute approximate surface area is 81.7 Å². The lowest BCUT2D eigenvalue weighted by Crippen LogP contribution is -2.02. The monoisotopic (exact) mass is 176 g/mol. The van der Waals surface area contributed by atoms with Crippen molar-refractivity contribution in [1.29, 1.82) is 0 Å². The van der Waals surface area contributed by atoms with Crippen LogP contribution in [0.4, 0.5) is 0 Å². The molecule has 2 aliphatic rings. The lowest BCUT2D eigenvalue weighted by Gasteiger charge is -2.19. The fraction of sp³-hybridized carbons (Fsp3) is 0.692. The Hall–Kier alpha value is -0.520. The standard InChI is InChI=1S/C13H20/c1-3-10-9-11(4-2)13-8-6-5-7-12(10)13/h9-10H,3-8H2,1-2H3. The van der Waals surface area contributed by atoms with Gasteiger partial charge in [-0.2, -0.15) is 0 Å². The van der Waals surface area contributed by atoms with Crippen molar-refractivity contribution >= 4 is 0 Å². The molecular weight excluding hydrogens is 156 g/mol. The van der Waals surface area contributed by atoms with Crippen molar-refractivity contribution in [2.24, 2.45) is 5.92 Å². The predicted molar refractivity (Wildman–Crippen MR) is 57.6 cm³/mol. The van der Waals surface area contributed by atoms with Crippen LogP contribution in [-0.4, -0.2) is 0 Å². The number of hydrogen-bond donors (Lipinski definition) is 0. The third-order valence-corrected chi connectivity index (χ3v) is 3.57. The van der Waals surface area contributed by atoms with Gasteiger partial charge in [0.05, 0.1) is 0 Å². The highest BCUT2D eigenvalue weighted by Crippen LogP contribution is 2.42. The van der Waals surface area contributed by atoms with Crippen molar-refractivity contribution in [2.45, 2.75) is 52.4 Å². The molecule has 1 unspecified atom stereocenters. The van der Waals surface area contributed by atoms with Crippen LogP contribution in [0.3, 0.4) is 0 Å². The Kier molecular flexibility index (Phi) is 2.57. The van der Waals surface area contributed by atoms with Crippen LogP contribution in [-0.2, 0) is 0 Å². The van der Waals surface area contributed by atoms with Crippen LogP contribution in [0.5, 0.6) is 0 Å². The largest absolute Gasteiger partial charge is 0.0739 e. The van der Waals surface area contributed by atoms with Gasteiger partial charge in [-0.25, -0.2) is 0 Å². The molecular formula is C13H20. The molecule has 13 heavy (non-hydrogen) atoms. The first kappa shape index (κ1) is 9.05. The molecule has 2 aliphatic carbocycles. The topological polar surface area (TPSA) is 0 Å². The second-order valence-electron chi connectivity index (χ2n) is 4.27. The van der Waals surface area contributed by atoms with Crippen molar-refractivity contribution < 1.29 is 0 Å². The van der Waals surface area contributed by atoms with Gasteiger partial charge in [0.2, 0.25) is 0 Å². The molecule has 0 fully saturated rings. The Morgan fingerprint density at radius 1 is 1.23 bits per heavy atom. The van der Waals surface area contributed by atoms with Gasteiger partial charge in [0, 0.05) is 0 Å². The molecule has 0 radical (unpaired) electrons. The molecule has 0 heteroatoms. The average molecular weight is 176 g/mol. The average Bonchev–Trinajstić information content (AvgIpc) is 2.56. The third-order valence-electron chi connectivity index (χ3n) is 3.57. The summed E-state index contributed by atoms with van der Waals surface area (Å²) in [5.41, 5.74) is 5.22. The van der Waals surface area contributed by atoms with Gasteiger partial charge >= 0.3 is 0 Å². The minimum atomic E-state index is 0.810. The summed E-state index contributed by atoms with van der Waals surface area (Å²) in [4.78, 5) is 0. The summed E-state index contributed by atoms with van der Waals surface area (Å²) in [5, 5.41) is 0. The second-order valence-corrected chi connectivity index (χ2v) is 4.27. The summed E-state index contributed by atoms with van der Waals surface area (Å²) in [7, 11) is 0. The van der Waals surface area contributed by atoms with E-state index in [4.69, 9.17) is 0 Å². The Morgan fingerprint density at radius 3 is 2.69 bits per heavy atom. The summed E-state index contributed by atoms with van der Waals surface area (Å²) in [6, 6.07) is 0. The molecule has 0 heterocycles. The van der Waals surface area contributed by atoms with Crippen molar-refractivity contribution in [3.05, 3.63) is 22.8 Å². The number of hydrogen-bond acceptors (Lipinski definition) is 0. The van der Waals surface area contributed by atoms with E-state index < -0.39 is 0 Å². The van der Waals surface area contributed by atoms with E-state index in [1.807, 2.05) is 0 Å². The normalized spacial score (nSPS) is 27.5. The van der Waals surface area contributed by atoms with Gasteiger partial charge in [-0.1, -0.05) is 25.5 Å². The van der Waals surface area contributed by atoms with E-state index in [1.165, 1.54) is 38.5 Å². The van der Waals surface area contributed by atoms with Crippen molar-refractivity contribution in [3.8, 4) is 0 Å². The van der Waals surface area contributed by atoms with Crippen LogP contribution < -0.4 is 0 Å².